The van der Waals surface area contributed by atoms with E-state index in [2.05, 4.69) is 15.5 Å². The second-order valence-corrected chi connectivity index (χ2v) is 8.82. The molecule has 1 aromatic heterocycles. The summed E-state index contributed by atoms with van der Waals surface area (Å²) >= 11 is 0. The lowest BCUT2D eigenvalue weighted by molar-refractivity contribution is 0.318. The molecule has 0 saturated carbocycles. The van der Waals surface area contributed by atoms with Crippen molar-refractivity contribution in [3.05, 3.63) is 48.3 Å². The van der Waals surface area contributed by atoms with Crippen LogP contribution >= 0.6 is 0 Å². The summed E-state index contributed by atoms with van der Waals surface area (Å²) in [5.41, 5.74) is 3.00. The minimum Gasteiger partial charge on any atom is -0.494 e. The first kappa shape index (κ1) is 18.5. The molecule has 2 saturated heterocycles. The first-order valence-electron chi connectivity index (χ1n) is 13.0. The van der Waals surface area contributed by atoms with E-state index in [1.54, 1.807) is 0 Å². The molecule has 33 heavy (non-hydrogen) atoms. The maximum Gasteiger partial charge on any atom is 0.165 e. The van der Waals surface area contributed by atoms with Gasteiger partial charge in [0.1, 0.15) is 12.4 Å². The van der Waals surface area contributed by atoms with Crippen LogP contribution in [0.25, 0.3) is 22.2 Å². The molecule has 0 aliphatic carbocycles. The van der Waals surface area contributed by atoms with Crippen LogP contribution in [0, 0.1) is 17.7 Å². The third-order valence-corrected chi connectivity index (χ3v) is 6.74. The number of benzene rings is 2. The van der Waals surface area contributed by atoms with Crippen molar-refractivity contribution in [3.8, 4) is 22.8 Å². The summed E-state index contributed by atoms with van der Waals surface area (Å²) in [7, 11) is -0.878. The number of ether oxygens (including phenoxy) is 2. The zero-order valence-corrected chi connectivity index (χ0v) is 18.7. The molecule has 6 nitrogen and oxygen atoms in total. The van der Waals surface area contributed by atoms with E-state index in [0.717, 1.165) is 61.8 Å². The van der Waals surface area contributed by atoms with Gasteiger partial charge in [-0.25, -0.2) is 9.37 Å². The fourth-order valence-corrected chi connectivity index (χ4v) is 4.96. The van der Waals surface area contributed by atoms with Gasteiger partial charge in [-0.1, -0.05) is 0 Å². The molecule has 2 atom stereocenters. The summed E-state index contributed by atoms with van der Waals surface area (Å²) in [5, 5.41) is 7.18. The number of anilines is 1. The molecule has 3 heterocycles. The molecular weight excluding hydrogens is 419 g/mol. The van der Waals surface area contributed by atoms with E-state index in [1.807, 2.05) is 37.4 Å². The number of rotatable bonds is 7. The summed E-state index contributed by atoms with van der Waals surface area (Å²) < 4.78 is 47.8. The Labute approximate surface area is 198 Å². The van der Waals surface area contributed by atoms with Crippen molar-refractivity contribution in [3.63, 3.8) is 0 Å². The highest BCUT2D eigenvalue weighted by atomic mass is 19.1. The quantitative estimate of drug-likeness (QED) is 0.532. The van der Waals surface area contributed by atoms with Crippen LogP contribution in [-0.2, 0) is 0 Å². The molecule has 5 rings (SSSR count). The molecule has 0 radical (unpaired) electrons. The van der Waals surface area contributed by atoms with Gasteiger partial charge in [-0.15, -0.1) is 0 Å². The van der Waals surface area contributed by atoms with Crippen LogP contribution in [0.15, 0.2) is 42.5 Å². The Kier molecular flexibility index (Phi) is 5.35. The van der Waals surface area contributed by atoms with Gasteiger partial charge in [-0.05, 0) is 74.8 Å². The zero-order chi connectivity index (χ0) is 25.3. The van der Waals surface area contributed by atoms with Gasteiger partial charge in [0.15, 0.2) is 11.6 Å². The maximum atomic E-state index is 15.0. The van der Waals surface area contributed by atoms with E-state index >= 15 is 0 Å². The van der Waals surface area contributed by atoms with Gasteiger partial charge >= 0.3 is 0 Å². The van der Waals surface area contributed by atoms with Gasteiger partial charge in [-0.3, -0.25) is 0 Å². The molecule has 0 spiro atoms. The Balaban J connectivity index is 1.55. The lowest BCUT2D eigenvalue weighted by Crippen LogP contribution is -2.35. The summed E-state index contributed by atoms with van der Waals surface area (Å²) in [5.74, 6) is 0.862. The molecule has 0 amide bonds. The number of likely N-dealkylation sites (N-methyl/N-ethyl adjacent to an activating group) is 1. The van der Waals surface area contributed by atoms with Gasteiger partial charge in [-0.2, -0.15) is 0 Å². The van der Waals surface area contributed by atoms with Gasteiger partial charge in [0, 0.05) is 42.3 Å². The highest BCUT2D eigenvalue weighted by Gasteiger charge is 2.35. The van der Waals surface area contributed by atoms with E-state index in [1.165, 1.54) is 12.1 Å². The number of nitrogens with zero attached hydrogens (tertiary/aromatic N) is 2. The van der Waals surface area contributed by atoms with Crippen molar-refractivity contribution in [1.82, 2.24) is 15.6 Å². The Bertz CT molecular complexity index is 1210. The number of aromatic nitrogens is 1. The van der Waals surface area contributed by atoms with Crippen LogP contribution in [0.2, 0.25) is 0 Å². The van der Waals surface area contributed by atoms with Crippen molar-refractivity contribution < 1.29 is 18.0 Å². The third-order valence-electron chi connectivity index (χ3n) is 6.74. The number of methoxy groups -OCH3 is 1. The van der Waals surface area contributed by atoms with Gasteiger partial charge in [0.05, 0.1) is 22.4 Å². The summed E-state index contributed by atoms with van der Waals surface area (Å²) in [6.45, 7) is 5.10. The molecule has 2 aliphatic heterocycles. The number of hydrogen-bond acceptors (Lipinski definition) is 6. The SMILES string of the molecule is [2H]C([2H])([2H])Oc1cc2nc(-c3ccc(OCCNC)cc3)cc(N3C[C@H]4CNCC[C@H]4C3)c2cc1F. The predicted molar refractivity (Wildman–Crippen MR) is 130 cm³/mol. The predicted octanol–water partition coefficient (Wildman–Crippen LogP) is 3.69. The highest BCUT2D eigenvalue weighted by molar-refractivity contribution is 5.95. The molecule has 2 aliphatic rings. The minimum atomic E-state index is -2.75. The van der Waals surface area contributed by atoms with E-state index in [-0.39, 0.29) is 5.75 Å². The largest absolute Gasteiger partial charge is 0.494 e. The molecule has 2 aromatic carbocycles. The van der Waals surface area contributed by atoms with Crippen LogP contribution in [0.4, 0.5) is 10.1 Å². The highest BCUT2D eigenvalue weighted by Crippen LogP contribution is 2.39. The summed E-state index contributed by atoms with van der Waals surface area (Å²) in [6.07, 6.45) is 1.12. The van der Waals surface area contributed by atoms with E-state index in [4.69, 9.17) is 18.6 Å². The Morgan fingerprint density at radius 1 is 1.21 bits per heavy atom. The Morgan fingerprint density at radius 2 is 2.06 bits per heavy atom. The number of piperidine rings is 1. The van der Waals surface area contributed by atoms with Gasteiger partial charge < -0.3 is 25.0 Å². The van der Waals surface area contributed by atoms with Crippen LogP contribution in [0.1, 0.15) is 10.5 Å². The van der Waals surface area contributed by atoms with Crippen LogP contribution in [-0.4, -0.2) is 58.4 Å². The molecule has 2 N–H and O–H groups in total. The van der Waals surface area contributed by atoms with Crippen LogP contribution < -0.4 is 25.0 Å². The monoisotopic (exact) mass is 453 g/mol. The lowest BCUT2D eigenvalue weighted by atomic mass is 9.90. The normalized spacial score (nSPS) is 21.9. The number of fused-ring (bicyclic) bond motifs is 2. The first-order valence-corrected chi connectivity index (χ1v) is 11.5. The minimum absolute atomic E-state index is 0.328. The number of hydrogen-bond donors (Lipinski definition) is 2. The Morgan fingerprint density at radius 3 is 2.85 bits per heavy atom. The molecule has 0 bridgehead atoms. The zero-order valence-electron chi connectivity index (χ0n) is 21.7. The smallest absolute Gasteiger partial charge is 0.165 e. The fourth-order valence-electron chi connectivity index (χ4n) is 4.96. The molecule has 174 valence electrons. The fraction of sp³-hybridized carbons (Fsp3) is 0.423. The Hall–Kier alpha value is -2.90. The summed E-state index contributed by atoms with van der Waals surface area (Å²) in [4.78, 5) is 7.10. The van der Waals surface area contributed by atoms with Gasteiger partial charge in [0.2, 0.25) is 0 Å². The van der Waals surface area contributed by atoms with Gasteiger partial charge in [0.25, 0.3) is 0 Å². The van der Waals surface area contributed by atoms with Crippen molar-refractivity contribution in [1.29, 1.82) is 0 Å². The molecule has 2 fully saturated rings. The third kappa shape index (κ3) is 4.48. The average molecular weight is 454 g/mol. The van der Waals surface area contributed by atoms with Crippen LogP contribution in [0.5, 0.6) is 11.5 Å². The van der Waals surface area contributed by atoms with Crippen molar-refractivity contribution in [2.75, 3.05) is 58.3 Å². The number of nitrogens with one attached hydrogen (secondary N) is 2. The molecule has 3 aromatic rings. The topological polar surface area (TPSA) is 58.7 Å². The van der Waals surface area contributed by atoms with Crippen molar-refractivity contribution in [2.24, 2.45) is 11.8 Å². The molecular formula is C26H31FN4O2. The molecule has 7 heteroatoms. The van der Waals surface area contributed by atoms with Crippen molar-refractivity contribution in [2.45, 2.75) is 6.42 Å². The summed E-state index contributed by atoms with van der Waals surface area (Å²) in [6, 6.07) is 12.5. The second kappa shape index (κ2) is 9.53. The number of pyridine rings is 1. The maximum absolute atomic E-state index is 15.0. The van der Waals surface area contributed by atoms with E-state index in [0.29, 0.717) is 29.3 Å². The first-order chi connectivity index (χ1) is 17.3. The average Bonchev–Trinajstić information content (AvgIpc) is 3.28. The van der Waals surface area contributed by atoms with Crippen molar-refractivity contribution >= 4 is 16.6 Å². The standard InChI is InChI=1S/C26H31FN4O2/c1-28-9-10-33-20-5-3-17(4-6-20)23-12-25(31-15-18-7-8-29-14-19(18)16-31)21-11-22(27)26(32-2)13-24(21)30-23/h3-6,11-13,18-19,28-29H,7-10,14-16H2,1-2H3/t18-,19+/m0/s1/i2D3. The van der Waals surface area contributed by atoms with E-state index < -0.39 is 12.9 Å². The molecule has 0 unspecified atom stereocenters. The van der Waals surface area contributed by atoms with Crippen LogP contribution in [0.3, 0.4) is 0 Å². The lowest BCUT2D eigenvalue weighted by Gasteiger charge is -2.23. The number of halogens is 1. The second-order valence-electron chi connectivity index (χ2n) is 8.82. The van der Waals surface area contributed by atoms with E-state index in [9.17, 15) is 4.39 Å².